The van der Waals surface area contributed by atoms with Crippen LogP contribution >= 0.6 is 0 Å². The van der Waals surface area contributed by atoms with E-state index in [9.17, 15) is 18.0 Å². The highest BCUT2D eigenvalue weighted by atomic mass is 32.2. The van der Waals surface area contributed by atoms with Gasteiger partial charge in [-0.2, -0.15) is 4.31 Å². The van der Waals surface area contributed by atoms with Crippen molar-refractivity contribution in [1.82, 2.24) is 9.62 Å². The zero-order chi connectivity index (χ0) is 22.0. The number of amides is 2. The Labute approximate surface area is 184 Å². The minimum atomic E-state index is -3.53. The maximum absolute atomic E-state index is 12.9. The molecule has 1 N–H and O–H groups in total. The molecule has 0 bridgehead atoms. The van der Waals surface area contributed by atoms with Crippen LogP contribution in [0, 0.1) is 11.8 Å². The van der Waals surface area contributed by atoms with Crippen molar-refractivity contribution in [2.24, 2.45) is 11.8 Å². The molecule has 0 saturated carbocycles. The quantitative estimate of drug-likeness (QED) is 0.714. The first kappa shape index (κ1) is 22.2. The lowest BCUT2D eigenvalue weighted by molar-refractivity contribution is -0.126. The van der Waals surface area contributed by atoms with Crippen molar-refractivity contribution in [1.29, 1.82) is 0 Å². The molecule has 3 aliphatic heterocycles. The topological polar surface area (TPSA) is 96.0 Å². The lowest BCUT2D eigenvalue weighted by atomic mass is 10.0. The number of nitrogens with zero attached hydrogens (tertiary/aromatic N) is 2. The molecule has 0 radical (unpaired) electrons. The molecule has 1 aromatic carbocycles. The van der Waals surface area contributed by atoms with Gasteiger partial charge < -0.3 is 15.0 Å². The monoisotopic (exact) mass is 449 g/mol. The van der Waals surface area contributed by atoms with Gasteiger partial charge in [-0.3, -0.25) is 9.59 Å². The number of carbonyl (C=O) groups excluding carboxylic acids is 2. The molecule has 3 fully saturated rings. The zero-order valence-electron chi connectivity index (χ0n) is 18.0. The second-order valence-electron chi connectivity index (χ2n) is 8.87. The Balaban J connectivity index is 1.37. The van der Waals surface area contributed by atoms with Gasteiger partial charge in [-0.25, -0.2) is 8.42 Å². The van der Waals surface area contributed by atoms with Crippen LogP contribution in [0.15, 0.2) is 29.2 Å². The zero-order valence-corrected chi connectivity index (χ0v) is 18.8. The van der Waals surface area contributed by atoms with Crippen molar-refractivity contribution in [3.8, 4) is 0 Å². The smallest absolute Gasteiger partial charge is 0.243 e. The molecule has 4 rings (SSSR count). The van der Waals surface area contributed by atoms with Crippen molar-refractivity contribution in [3.05, 3.63) is 24.3 Å². The summed E-state index contributed by atoms with van der Waals surface area (Å²) >= 11 is 0. The van der Waals surface area contributed by atoms with Gasteiger partial charge in [-0.05, 0) is 55.9 Å². The maximum Gasteiger partial charge on any atom is 0.243 e. The minimum absolute atomic E-state index is 0.0646. The Hall–Kier alpha value is -1.97. The number of sulfonamides is 1. The summed E-state index contributed by atoms with van der Waals surface area (Å²) in [7, 11) is -3.53. The Morgan fingerprint density at radius 2 is 1.87 bits per heavy atom. The first-order valence-electron chi connectivity index (χ1n) is 11.1. The van der Waals surface area contributed by atoms with Crippen LogP contribution in [0.5, 0.6) is 0 Å². The van der Waals surface area contributed by atoms with E-state index in [0.29, 0.717) is 37.8 Å². The van der Waals surface area contributed by atoms with Crippen LogP contribution in [0.1, 0.15) is 39.0 Å². The molecule has 0 aliphatic carbocycles. The van der Waals surface area contributed by atoms with E-state index in [0.717, 1.165) is 32.3 Å². The van der Waals surface area contributed by atoms with Gasteiger partial charge in [-0.15, -0.1) is 0 Å². The molecule has 0 spiro atoms. The highest BCUT2D eigenvalue weighted by molar-refractivity contribution is 7.89. The van der Waals surface area contributed by atoms with Crippen LogP contribution in [-0.2, 0) is 24.3 Å². The predicted octanol–water partition coefficient (Wildman–Crippen LogP) is 1.76. The lowest BCUT2D eigenvalue weighted by Gasteiger charge is -2.29. The fourth-order valence-corrected chi connectivity index (χ4v) is 5.94. The molecule has 31 heavy (non-hydrogen) atoms. The number of anilines is 1. The van der Waals surface area contributed by atoms with Gasteiger partial charge in [-0.1, -0.05) is 6.92 Å². The average molecular weight is 450 g/mol. The van der Waals surface area contributed by atoms with E-state index in [1.807, 2.05) is 0 Å². The molecule has 3 saturated heterocycles. The molecular formula is C22H31N3O5S. The van der Waals surface area contributed by atoms with E-state index in [1.54, 1.807) is 29.2 Å². The van der Waals surface area contributed by atoms with Crippen molar-refractivity contribution < 1.29 is 22.7 Å². The fourth-order valence-electron chi connectivity index (χ4n) is 4.47. The molecule has 8 nitrogen and oxygen atoms in total. The summed E-state index contributed by atoms with van der Waals surface area (Å²) in [5.41, 5.74) is 0.616. The highest BCUT2D eigenvalue weighted by Gasteiger charge is 2.36. The largest absolute Gasteiger partial charge is 0.376 e. The van der Waals surface area contributed by atoms with E-state index >= 15 is 0 Å². The number of nitrogens with one attached hydrogen (secondary N) is 1. The molecule has 170 valence electrons. The molecular weight excluding hydrogens is 418 g/mol. The van der Waals surface area contributed by atoms with E-state index in [4.69, 9.17) is 4.74 Å². The molecule has 2 atom stereocenters. The summed E-state index contributed by atoms with van der Waals surface area (Å²) in [5.74, 6) is -0.124. The van der Waals surface area contributed by atoms with Crippen molar-refractivity contribution >= 4 is 27.5 Å². The first-order chi connectivity index (χ1) is 14.8. The van der Waals surface area contributed by atoms with Gasteiger partial charge in [0.05, 0.1) is 16.9 Å². The van der Waals surface area contributed by atoms with Crippen LogP contribution in [0.3, 0.4) is 0 Å². The van der Waals surface area contributed by atoms with E-state index in [1.165, 1.54) is 4.31 Å². The summed E-state index contributed by atoms with van der Waals surface area (Å²) in [4.78, 5) is 26.8. The Bertz CT molecular complexity index is 904. The number of ether oxygens (including phenoxy) is 1. The van der Waals surface area contributed by atoms with Gasteiger partial charge in [0.15, 0.2) is 0 Å². The van der Waals surface area contributed by atoms with Crippen LogP contribution in [0.2, 0.25) is 0 Å². The van der Waals surface area contributed by atoms with Gasteiger partial charge in [0.2, 0.25) is 21.8 Å². The molecule has 9 heteroatoms. The molecule has 3 heterocycles. The number of hydrogen-bond acceptors (Lipinski definition) is 5. The summed E-state index contributed by atoms with van der Waals surface area (Å²) in [5, 5.41) is 2.90. The summed E-state index contributed by atoms with van der Waals surface area (Å²) in [6.07, 6.45) is 3.92. The predicted molar refractivity (Wildman–Crippen MR) is 116 cm³/mol. The van der Waals surface area contributed by atoms with Gasteiger partial charge in [0.1, 0.15) is 0 Å². The van der Waals surface area contributed by atoms with Gasteiger partial charge in [0, 0.05) is 44.9 Å². The third kappa shape index (κ3) is 4.94. The summed E-state index contributed by atoms with van der Waals surface area (Å²) in [6.45, 7) is 4.73. The standard InChI is InChI=1S/C22H31N3O5S/c1-16-8-10-24(11-9-16)31(28,29)20-6-4-18(5-7-20)25-15-17(13-21(25)26)22(27)23-14-19-3-2-12-30-19/h4-7,16-17,19H,2-3,8-15H2,1H3,(H,23,27)/t17-,19-/m1/s1. The third-order valence-electron chi connectivity index (χ3n) is 6.55. The van der Waals surface area contributed by atoms with Crippen LogP contribution in [0.25, 0.3) is 0 Å². The van der Waals surface area contributed by atoms with Crippen molar-refractivity contribution in [2.75, 3.05) is 37.7 Å². The van der Waals surface area contributed by atoms with Gasteiger partial charge >= 0.3 is 0 Å². The van der Waals surface area contributed by atoms with E-state index < -0.39 is 15.9 Å². The van der Waals surface area contributed by atoms with Crippen molar-refractivity contribution in [3.63, 3.8) is 0 Å². The molecule has 0 unspecified atom stereocenters. The van der Waals surface area contributed by atoms with E-state index in [2.05, 4.69) is 12.2 Å². The first-order valence-corrected chi connectivity index (χ1v) is 12.6. The second-order valence-corrected chi connectivity index (χ2v) is 10.8. The molecule has 0 aromatic heterocycles. The summed E-state index contributed by atoms with van der Waals surface area (Å²) < 4.78 is 32.9. The Morgan fingerprint density at radius 1 is 1.16 bits per heavy atom. The minimum Gasteiger partial charge on any atom is -0.376 e. The SMILES string of the molecule is CC1CCN(S(=O)(=O)c2ccc(N3C[C@H](C(=O)NC[C@H]4CCCO4)CC3=O)cc2)CC1. The molecule has 2 amide bonds. The van der Waals surface area contributed by atoms with E-state index in [-0.39, 0.29) is 29.2 Å². The number of hydrogen-bond donors (Lipinski definition) is 1. The molecule has 1 aromatic rings. The van der Waals surface area contributed by atoms with Crippen LogP contribution < -0.4 is 10.2 Å². The molecule has 3 aliphatic rings. The Kier molecular flexibility index (Phi) is 6.64. The van der Waals surface area contributed by atoms with Crippen LogP contribution in [-0.4, -0.2) is 63.4 Å². The fraction of sp³-hybridized carbons (Fsp3) is 0.636. The average Bonchev–Trinajstić information content (AvgIpc) is 3.42. The lowest BCUT2D eigenvalue weighted by Crippen LogP contribution is -2.38. The third-order valence-corrected chi connectivity index (χ3v) is 8.47. The number of benzene rings is 1. The number of rotatable bonds is 6. The second kappa shape index (κ2) is 9.26. The summed E-state index contributed by atoms with van der Waals surface area (Å²) in [6, 6.07) is 6.43. The Morgan fingerprint density at radius 3 is 2.52 bits per heavy atom. The van der Waals surface area contributed by atoms with Crippen LogP contribution in [0.4, 0.5) is 5.69 Å². The van der Waals surface area contributed by atoms with Crippen molar-refractivity contribution in [2.45, 2.75) is 50.0 Å². The normalized spacial score (nSPS) is 25.8. The maximum atomic E-state index is 12.9. The van der Waals surface area contributed by atoms with Gasteiger partial charge in [0.25, 0.3) is 0 Å². The highest BCUT2D eigenvalue weighted by Crippen LogP contribution is 2.28. The number of piperidine rings is 1. The number of carbonyl (C=O) groups is 2.